The van der Waals surface area contributed by atoms with Gasteiger partial charge in [0, 0.05) is 12.3 Å². The van der Waals surface area contributed by atoms with Crippen LogP contribution in [0.5, 0.6) is 0 Å². The zero-order chi connectivity index (χ0) is 20.6. The number of benzene rings is 2. The monoisotopic (exact) mass is 392 g/mol. The highest BCUT2D eigenvalue weighted by atomic mass is 16.5. The SMILES string of the molecule is C=CCOC(=O)[C@H](CCC=O)CC(=O)OCC1c2ccccc2-c2ccccc21. The number of rotatable bonds is 10. The van der Waals surface area contributed by atoms with Crippen molar-refractivity contribution in [2.24, 2.45) is 5.92 Å². The minimum Gasteiger partial charge on any atom is -0.465 e. The van der Waals surface area contributed by atoms with Gasteiger partial charge in [-0.3, -0.25) is 9.59 Å². The number of hydrogen-bond donors (Lipinski definition) is 0. The first kappa shape index (κ1) is 20.5. The van der Waals surface area contributed by atoms with Gasteiger partial charge in [0.15, 0.2) is 0 Å². The van der Waals surface area contributed by atoms with Gasteiger partial charge in [-0.1, -0.05) is 61.2 Å². The van der Waals surface area contributed by atoms with Crippen molar-refractivity contribution in [1.82, 2.24) is 0 Å². The van der Waals surface area contributed by atoms with Crippen LogP contribution in [0.3, 0.4) is 0 Å². The summed E-state index contributed by atoms with van der Waals surface area (Å²) in [4.78, 5) is 35.3. The molecular formula is C24H24O5. The van der Waals surface area contributed by atoms with Crippen molar-refractivity contribution < 1.29 is 23.9 Å². The molecule has 0 amide bonds. The van der Waals surface area contributed by atoms with E-state index in [4.69, 9.17) is 9.47 Å². The van der Waals surface area contributed by atoms with Gasteiger partial charge in [-0.05, 0) is 28.7 Å². The lowest BCUT2D eigenvalue weighted by Gasteiger charge is -2.17. The number of fused-ring (bicyclic) bond motifs is 3. The predicted molar refractivity (Wildman–Crippen MR) is 109 cm³/mol. The van der Waals surface area contributed by atoms with Crippen LogP contribution in [0.2, 0.25) is 0 Å². The van der Waals surface area contributed by atoms with Crippen molar-refractivity contribution in [2.75, 3.05) is 13.2 Å². The molecule has 2 aromatic rings. The van der Waals surface area contributed by atoms with E-state index in [-0.39, 0.29) is 38.4 Å². The molecule has 2 aromatic carbocycles. The van der Waals surface area contributed by atoms with Gasteiger partial charge in [-0.2, -0.15) is 0 Å². The van der Waals surface area contributed by atoms with Crippen molar-refractivity contribution in [3.05, 3.63) is 72.3 Å². The average Bonchev–Trinajstić information content (AvgIpc) is 3.07. The third kappa shape index (κ3) is 4.80. The third-order valence-corrected chi connectivity index (χ3v) is 5.10. The van der Waals surface area contributed by atoms with Gasteiger partial charge in [-0.25, -0.2) is 0 Å². The molecule has 0 aliphatic heterocycles. The van der Waals surface area contributed by atoms with Gasteiger partial charge in [0.1, 0.15) is 19.5 Å². The summed E-state index contributed by atoms with van der Waals surface area (Å²) in [6.45, 7) is 3.77. The Morgan fingerprint density at radius 1 is 1.00 bits per heavy atom. The lowest BCUT2D eigenvalue weighted by Crippen LogP contribution is -2.23. The molecule has 29 heavy (non-hydrogen) atoms. The minimum atomic E-state index is -0.698. The van der Waals surface area contributed by atoms with E-state index in [0.717, 1.165) is 28.5 Å². The molecule has 0 saturated heterocycles. The van der Waals surface area contributed by atoms with Crippen LogP contribution in [-0.4, -0.2) is 31.4 Å². The van der Waals surface area contributed by atoms with E-state index < -0.39 is 17.9 Å². The molecule has 0 spiro atoms. The van der Waals surface area contributed by atoms with Crippen LogP contribution < -0.4 is 0 Å². The second kappa shape index (κ2) is 9.82. The van der Waals surface area contributed by atoms with E-state index in [9.17, 15) is 14.4 Å². The number of hydrogen-bond acceptors (Lipinski definition) is 5. The fraction of sp³-hybridized carbons (Fsp3) is 0.292. The Morgan fingerprint density at radius 3 is 2.21 bits per heavy atom. The highest BCUT2D eigenvalue weighted by molar-refractivity contribution is 5.81. The fourth-order valence-corrected chi connectivity index (χ4v) is 3.71. The van der Waals surface area contributed by atoms with E-state index in [1.54, 1.807) is 0 Å². The second-order valence-corrected chi connectivity index (χ2v) is 6.97. The molecule has 5 heteroatoms. The van der Waals surface area contributed by atoms with Gasteiger partial charge in [0.05, 0.1) is 12.3 Å². The molecule has 3 rings (SSSR count). The number of ether oxygens (including phenoxy) is 2. The minimum absolute atomic E-state index is 0.0347. The molecule has 0 bridgehead atoms. The number of esters is 2. The molecule has 0 fully saturated rings. The first-order valence-corrected chi connectivity index (χ1v) is 9.70. The average molecular weight is 392 g/mol. The van der Waals surface area contributed by atoms with Crippen LogP contribution in [0.1, 0.15) is 36.3 Å². The fourth-order valence-electron chi connectivity index (χ4n) is 3.71. The van der Waals surface area contributed by atoms with Crippen molar-refractivity contribution in [3.8, 4) is 11.1 Å². The summed E-state index contributed by atoms with van der Waals surface area (Å²) in [6, 6.07) is 16.2. The van der Waals surface area contributed by atoms with Crippen LogP contribution >= 0.6 is 0 Å². The highest BCUT2D eigenvalue weighted by Crippen LogP contribution is 2.44. The molecular weight excluding hydrogens is 368 g/mol. The predicted octanol–water partition coefficient (Wildman–Crippen LogP) is 4.06. The maximum absolute atomic E-state index is 12.4. The van der Waals surface area contributed by atoms with Crippen LogP contribution in [-0.2, 0) is 23.9 Å². The zero-order valence-corrected chi connectivity index (χ0v) is 16.2. The van der Waals surface area contributed by atoms with Gasteiger partial charge in [-0.15, -0.1) is 0 Å². The van der Waals surface area contributed by atoms with Crippen LogP contribution in [0.4, 0.5) is 0 Å². The zero-order valence-electron chi connectivity index (χ0n) is 16.2. The van der Waals surface area contributed by atoms with Crippen molar-refractivity contribution in [2.45, 2.75) is 25.2 Å². The van der Waals surface area contributed by atoms with Crippen LogP contribution in [0.25, 0.3) is 11.1 Å². The Bertz CT molecular complexity index is 856. The Kier molecular flexibility index (Phi) is 6.95. The topological polar surface area (TPSA) is 69.7 Å². The Balaban J connectivity index is 1.65. The van der Waals surface area contributed by atoms with E-state index in [2.05, 4.69) is 18.7 Å². The van der Waals surface area contributed by atoms with Gasteiger partial charge >= 0.3 is 11.9 Å². The van der Waals surface area contributed by atoms with Crippen molar-refractivity contribution >= 4 is 18.2 Å². The lowest BCUT2D eigenvalue weighted by molar-refractivity contribution is -0.154. The quantitative estimate of drug-likeness (QED) is 0.346. The van der Waals surface area contributed by atoms with Gasteiger partial charge in [0.25, 0.3) is 0 Å². The number of carbonyl (C=O) groups excluding carboxylic acids is 3. The third-order valence-electron chi connectivity index (χ3n) is 5.10. The molecule has 5 nitrogen and oxygen atoms in total. The molecule has 0 radical (unpaired) electrons. The maximum Gasteiger partial charge on any atom is 0.309 e. The molecule has 0 saturated carbocycles. The first-order chi connectivity index (χ1) is 14.2. The highest BCUT2D eigenvalue weighted by Gasteiger charge is 2.30. The summed E-state index contributed by atoms with van der Waals surface area (Å²) in [5.41, 5.74) is 4.57. The van der Waals surface area contributed by atoms with E-state index in [0.29, 0.717) is 0 Å². The number of aldehydes is 1. The summed E-state index contributed by atoms with van der Waals surface area (Å²) >= 11 is 0. The summed E-state index contributed by atoms with van der Waals surface area (Å²) in [5.74, 6) is -1.72. The Hall–Kier alpha value is -3.21. The molecule has 1 aliphatic rings. The Morgan fingerprint density at radius 2 is 1.62 bits per heavy atom. The summed E-state index contributed by atoms with van der Waals surface area (Å²) in [6.07, 6.45) is 2.52. The largest absolute Gasteiger partial charge is 0.465 e. The van der Waals surface area contributed by atoms with E-state index in [1.807, 2.05) is 36.4 Å². The smallest absolute Gasteiger partial charge is 0.309 e. The standard InChI is InChI=1S/C24H24O5/c1-2-14-28-24(27)17(8-7-13-25)15-23(26)29-16-22-20-11-5-3-9-18(20)19-10-4-6-12-21(19)22/h2-6,9-13,17,22H,1,7-8,14-16H2/t17-/m1/s1. The molecule has 1 atom stereocenters. The van der Waals surface area contributed by atoms with E-state index >= 15 is 0 Å². The van der Waals surface area contributed by atoms with Crippen LogP contribution in [0, 0.1) is 5.92 Å². The second-order valence-electron chi connectivity index (χ2n) is 6.97. The van der Waals surface area contributed by atoms with Gasteiger partial charge in [0.2, 0.25) is 0 Å². The first-order valence-electron chi connectivity index (χ1n) is 9.70. The summed E-state index contributed by atoms with van der Waals surface area (Å²) in [7, 11) is 0. The summed E-state index contributed by atoms with van der Waals surface area (Å²) < 4.78 is 10.6. The molecule has 0 aromatic heterocycles. The molecule has 150 valence electrons. The molecule has 0 N–H and O–H groups in total. The van der Waals surface area contributed by atoms with Crippen molar-refractivity contribution in [3.63, 3.8) is 0 Å². The van der Waals surface area contributed by atoms with Gasteiger partial charge < -0.3 is 14.3 Å². The number of carbonyl (C=O) groups is 3. The molecule has 0 unspecified atom stereocenters. The van der Waals surface area contributed by atoms with E-state index in [1.165, 1.54) is 6.08 Å². The van der Waals surface area contributed by atoms with Crippen molar-refractivity contribution in [1.29, 1.82) is 0 Å². The molecule has 1 aliphatic carbocycles. The molecule has 0 heterocycles. The van der Waals surface area contributed by atoms with Crippen LogP contribution in [0.15, 0.2) is 61.2 Å². The summed E-state index contributed by atoms with van der Waals surface area (Å²) in [5, 5.41) is 0. The Labute approximate surface area is 170 Å². The maximum atomic E-state index is 12.4. The normalized spacial score (nSPS) is 13.1. The lowest BCUT2D eigenvalue weighted by atomic mass is 9.97.